The summed E-state index contributed by atoms with van der Waals surface area (Å²) < 4.78 is 20.5. The van der Waals surface area contributed by atoms with Gasteiger partial charge in [-0.25, -0.2) is 0 Å². The van der Waals surface area contributed by atoms with Gasteiger partial charge in [-0.05, 0) is 36.5 Å². The zero-order valence-corrected chi connectivity index (χ0v) is 18.0. The second-order valence-corrected chi connectivity index (χ2v) is 8.07. The number of anilines is 2. The van der Waals surface area contributed by atoms with Crippen molar-refractivity contribution in [1.82, 2.24) is 9.69 Å². The second-order valence-electron chi connectivity index (χ2n) is 7.30. The number of carbonyl (C=O) groups excluding carboxylic acids is 3. The maximum Gasteiger partial charge on any atom is 0.272 e. The highest BCUT2D eigenvalue weighted by Crippen LogP contribution is 2.35. The van der Waals surface area contributed by atoms with Gasteiger partial charge in [0, 0.05) is 24.9 Å². The van der Waals surface area contributed by atoms with E-state index in [-0.39, 0.29) is 34.8 Å². The van der Waals surface area contributed by atoms with E-state index in [2.05, 4.69) is 9.69 Å². The smallest absolute Gasteiger partial charge is 0.272 e. The van der Waals surface area contributed by atoms with E-state index in [0.29, 0.717) is 43.6 Å². The molecule has 2 aliphatic rings. The molecule has 1 saturated heterocycles. The van der Waals surface area contributed by atoms with Gasteiger partial charge < -0.3 is 31.0 Å². The van der Waals surface area contributed by atoms with Crippen molar-refractivity contribution < 1.29 is 28.6 Å². The van der Waals surface area contributed by atoms with Crippen LogP contribution < -0.4 is 31.2 Å². The third kappa shape index (κ3) is 4.60. The Kier molecular flexibility index (Phi) is 6.42. The number of amides is 3. The molecule has 1 aromatic heterocycles. The summed E-state index contributed by atoms with van der Waals surface area (Å²) in [5, 5.41) is 2.80. The highest BCUT2D eigenvalue weighted by atomic mass is 32.1. The average Bonchev–Trinajstić information content (AvgIpc) is 3.45. The van der Waals surface area contributed by atoms with Crippen LogP contribution in [0.5, 0.6) is 11.5 Å². The summed E-state index contributed by atoms with van der Waals surface area (Å²) in [7, 11) is 0. The lowest BCUT2D eigenvalue weighted by Gasteiger charge is -2.25. The molecule has 0 bridgehead atoms. The van der Waals surface area contributed by atoms with E-state index in [4.69, 9.17) is 25.7 Å². The van der Waals surface area contributed by atoms with Crippen molar-refractivity contribution in [3.05, 3.63) is 28.8 Å². The lowest BCUT2D eigenvalue weighted by molar-refractivity contribution is -0.120. The monoisotopic (exact) mass is 461 g/mol. The number of hydrogen-bond donors (Lipinski definition) is 3. The number of carbonyl (C=O) groups is 3. The Hall–Kier alpha value is -3.38. The predicted octanol–water partition coefficient (Wildman–Crippen LogP) is 0.537. The van der Waals surface area contributed by atoms with Gasteiger partial charge in [-0.3, -0.25) is 19.3 Å². The number of nitrogens with zero attached hydrogens (tertiary/aromatic N) is 2. The number of nitrogens with one attached hydrogen (secondary N) is 1. The quantitative estimate of drug-likeness (QED) is 0.539. The second kappa shape index (κ2) is 9.40. The first-order valence-corrected chi connectivity index (χ1v) is 10.9. The van der Waals surface area contributed by atoms with Gasteiger partial charge in [0.2, 0.25) is 5.91 Å². The van der Waals surface area contributed by atoms with Crippen molar-refractivity contribution in [1.29, 1.82) is 0 Å². The van der Waals surface area contributed by atoms with Gasteiger partial charge in [0.25, 0.3) is 11.8 Å². The fourth-order valence-electron chi connectivity index (χ4n) is 3.46. The van der Waals surface area contributed by atoms with Crippen LogP contribution in [0.1, 0.15) is 33.0 Å². The van der Waals surface area contributed by atoms with E-state index in [1.54, 1.807) is 18.2 Å². The van der Waals surface area contributed by atoms with Crippen LogP contribution in [-0.2, 0) is 9.53 Å². The molecule has 2 aliphatic heterocycles. The fraction of sp³-hybridized carbons (Fsp3) is 0.400. The molecular weight excluding hydrogens is 438 g/mol. The van der Waals surface area contributed by atoms with Gasteiger partial charge >= 0.3 is 0 Å². The van der Waals surface area contributed by atoms with E-state index >= 15 is 0 Å². The number of hydrogen-bond acceptors (Lipinski definition) is 9. The zero-order valence-electron chi connectivity index (χ0n) is 17.2. The third-order valence-electron chi connectivity index (χ3n) is 5.09. The van der Waals surface area contributed by atoms with Crippen molar-refractivity contribution >= 4 is 40.6 Å². The fourth-order valence-corrected chi connectivity index (χ4v) is 4.22. The first kappa shape index (κ1) is 21.8. The molecule has 1 fully saturated rings. The Labute approximate surface area is 187 Å². The number of nitrogen functional groups attached to an aromatic ring is 1. The molecule has 4 rings (SSSR count). The summed E-state index contributed by atoms with van der Waals surface area (Å²) in [6.07, 6.45) is 1.79. The maximum absolute atomic E-state index is 13.4. The molecule has 1 unspecified atom stereocenters. The summed E-state index contributed by atoms with van der Waals surface area (Å²) in [6.45, 7) is 1.55. The van der Waals surface area contributed by atoms with Crippen molar-refractivity contribution in [2.45, 2.75) is 18.9 Å². The SMILES string of the molecule is NC(=O)c1nsc(C(=O)N(CC(=O)NCC2CCCO2)c2ccc3c(c2)OCCO3)c1N. The molecule has 3 heterocycles. The van der Waals surface area contributed by atoms with Crippen LogP contribution in [0.3, 0.4) is 0 Å². The van der Waals surface area contributed by atoms with Crippen LogP contribution in [0.2, 0.25) is 0 Å². The Balaban J connectivity index is 1.59. The number of rotatable bonds is 7. The molecular formula is C20H23N5O6S. The minimum atomic E-state index is -0.835. The summed E-state index contributed by atoms with van der Waals surface area (Å²) in [5.41, 5.74) is 11.3. The molecule has 0 saturated carbocycles. The van der Waals surface area contributed by atoms with Crippen LogP contribution in [0.25, 0.3) is 0 Å². The first-order valence-electron chi connectivity index (χ1n) is 10.1. The Morgan fingerprint density at radius 3 is 2.66 bits per heavy atom. The Bertz CT molecular complexity index is 1040. The molecule has 32 heavy (non-hydrogen) atoms. The van der Waals surface area contributed by atoms with Crippen LogP contribution >= 0.6 is 11.5 Å². The standard InChI is InChI=1S/C20H23N5O6S/c21-16-17(19(22)27)24-32-18(16)20(28)25(10-15(26)23-9-12-2-1-5-29-12)11-3-4-13-14(8-11)31-7-6-30-13/h3-4,8,12H,1-2,5-7,9-10,21H2,(H2,22,27)(H,23,26). The maximum atomic E-state index is 13.4. The predicted molar refractivity (Wildman–Crippen MR) is 116 cm³/mol. The summed E-state index contributed by atoms with van der Waals surface area (Å²) >= 11 is 0.751. The van der Waals surface area contributed by atoms with Crippen LogP contribution in [-0.4, -0.2) is 61.1 Å². The minimum Gasteiger partial charge on any atom is -0.486 e. The number of fused-ring (bicyclic) bond motifs is 1. The van der Waals surface area contributed by atoms with Gasteiger partial charge in [0.1, 0.15) is 24.6 Å². The molecule has 1 aromatic carbocycles. The van der Waals surface area contributed by atoms with Crippen LogP contribution in [0, 0.1) is 0 Å². The minimum absolute atomic E-state index is 0.0145. The molecule has 5 N–H and O–H groups in total. The molecule has 0 spiro atoms. The lowest BCUT2D eigenvalue weighted by atomic mass is 10.2. The zero-order chi connectivity index (χ0) is 22.7. The van der Waals surface area contributed by atoms with E-state index < -0.39 is 11.8 Å². The number of nitrogens with two attached hydrogens (primary N) is 2. The molecule has 2 aromatic rings. The van der Waals surface area contributed by atoms with E-state index in [1.165, 1.54) is 4.90 Å². The lowest BCUT2D eigenvalue weighted by Crippen LogP contribution is -2.43. The summed E-state index contributed by atoms with van der Waals surface area (Å²) in [6, 6.07) is 4.93. The van der Waals surface area contributed by atoms with Crippen molar-refractivity contribution in [3.63, 3.8) is 0 Å². The highest BCUT2D eigenvalue weighted by Gasteiger charge is 2.29. The number of primary amides is 1. The topological polar surface area (TPSA) is 159 Å². The van der Waals surface area contributed by atoms with Crippen LogP contribution in [0.4, 0.5) is 11.4 Å². The van der Waals surface area contributed by atoms with Gasteiger partial charge in [0.05, 0.1) is 11.8 Å². The number of benzene rings is 1. The third-order valence-corrected chi connectivity index (χ3v) is 5.94. The van der Waals surface area contributed by atoms with Gasteiger partial charge in [-0.1, -0.05) is 0 Å². The normalized spacial score (nSPS) is 17.1. The molecule has 12 heteroatoms. The summed E-state index contributed by atoms with van der Waals surface area (Å²) in [5.74, 6) is -0.790. The molecule has 3 amide bonds. The molecule has 11 nitrogen and oxygen atoms in total. The van der Waals surface area contributed by atoms with Gasteiger partial charge in [-0.15, -0.1) is 0 Å². The van der Waals surface area contributed by atoms with Gasteiger partial charge in [-0.2, -0.15) is 4.37 Å². The highest BCUT2D eigenvalue weighted by molar-refractivity contribution is 7.09. The van der Waals surface area contributed by atoms with Crippen molar-refractivity contribution in [3.8, 4) is 11.5 Å². The van der Waals surface area contributed by atoms with Crippen LogP contribution in [0.15, 0.2) is 18.2 Å². The molecule has 0 aliphatic carbocycles. The molecule has 170 valence electrons. The first-order chi connectivity index (χ1) is 15.4. The van der Waals surface area contributed by atoms with Gasteiger partial charge in [0.15, 0.2) is 17.2 Å². The summed E-state index contributed by atoms with van der Waals surface area (Å²) in [4.78, 5) is 38.8. The van der Waals surface area contributed by atoms with E-state index in [1.807, 2.05) is 0 Å². The Morgan fingerprint density at radius 2 is 1.97 bits per heavy atom. The number of ether oxygens (including phenoxy) is 3. The van der Waals surface area contributed by atoms with Crippen molar-refractivity contribution in [2.75, 3.05) is 43.5 Å². The molecule has 0 radical (unpaired) electrons. The number of aromatic nitrogens is 1. The molecule has 1 atom stereocenters. The largest absolute Gasteiger partial charge is 0.486 e. The average molecular weight is 462 g/mol. The Morgan fingerprint density at radius 1 is 1.19 bits per heavy atom. The van der Waals surface area contributed by atoms with E-state index in [0.717, 1.165) is 24.4 Å². The van der Waals surface area contributed by atoms with E-state index in [9.17, 15) is 14.4 Å². The van der Waals surface area contributed by atoms with Crippen molar-refractivity contribution in [2.24, 2.45) is 5.73 Å².